The topological polar surface area (TPSA) is 82.6 Å². The number of aryl methyl sites for hydroxylation is 1. The number of H-pyrrole nitrogens is 1. The molecule has 1 amide bonds. The van der Waals surface area contributed by atoms with Gasteiger partial charge in [-0.2, -0.15) is 0 Å². The number of benzene rings is 3. The summed E-state index contributed by atoms with van der Waals surface area (Å²) in [6, 6.07) is 18.3. The molecule has 2 aliphatic heterocycles. The third kappa shape index (κ3) is 4.06. The summed E-state index contributed by atoms with van der Waals surface area (Å²) < 4.78 is 19.1. The number of aliphatic hydroxyl groups excluding tert-OH is 1. The molecule has 0 spiro atoms. The van der Waals surface area contributed by atoms with Crippen molar-refractivity contribution in [2.24, 2.45) is 0 Å². The van der Waals surface area contributed by atoms with Crippen molar-refractivity contribution in [3.05, 3.63) is 107 Å². The molecule has 3 heterocycles. The Morgan fingerprint density at radius 1 is 1.08 bits per heavy atom. The average molecular weight is 497 g/mol. The number of amides is 1. The van der Waals surface area contributed by atoms with Gasteiger partial charge < -0.3 is 19.7 Å². The number of hydrogen-bond acceptors (Lipinski definition) is 4. The number of nitrogens with one attached hydrogen (secondary N) is 1. The highest BCUT2D eigenvalue weighted by atomic mass is 19.1. The van der Waals surface area contributed by atoms with Gasteiger partial charge in [0, 0.05) is 34.8 Å². The van der Waals surface area contributed by atoms with Gasteiger partial charge in [-0.25, -0.2) is 4.39 Å². The van der Waals surface area contributed by atoms with Crippen LogP contribution in [0.1, 0.15) is 34.7 Å². The molecule has 37 heavy (non-hydrogen) atoms. The summed E-state index contributed by atoms with van der Waals surface area (Å²) in [6.45, 7) is 0.882. The van der Waals surface area contributed by atoms with Gasteiger partial charge in [0.2, 0.25) is 0 Å². The normalized spacial score (nSPS) is 18.7. The van der Waals surface area contributed by atoms with Gasteiger partial charge in [-0.15, -0.1) is 0 Å². The molecular weight excluding hydrogens is 471 g/mol. The second-order valence-corrected chi connectivity index (χ2v) is 9.43. The summed E-state index contributed by atoms with van der Waals surface area (Å²) in [4.78, 5) is 31.5. The first-order valence-electron chi connectivity index (χ1n) is 12.4. The van der Waals surface area contributed by atoms with E-state index in [1.165, 1.54) is 17.0 Å². The van der Waals surface area contributed by atoms with Crippen LogP contribution in [0, 0.1) is 5.82 Å². The third-order valence-electron chi connectivity index (χ3n) is 7.19. The van der Waals surface area contributed by atoms with E-state index in [2.05, 4.69) is 4.98 Å². The number of ketones is 1. The Kier molecular flexibility index (Phi) is 5.75. The summed E-state index contributed by atoms with van der Waals surface area (Å²) in [5, 5.41) is 12.3. The largest absolute Gasteiger partial charge is 0.507 e. The van der Waals surface area contributed by atoms with Crippen molar-refractivity contribution in [3.63, 3.8) is 0 Å². The second-order valence-electron chi connectivity index (χ2n) is 9.43. The van der Waals surface area contributed by atoms with Crippen molar-refractivity contribution < 1.29 is 23.8 Å². The SMILES string of the molecule is O=C1C(=O)N(CCc2ccc(F)cc2)C(c2c[nH]c3ccccc23)/C1=C(\O)c1ccc2c(c1)CCCO2. The van der Waals surface area contributed by atoms with Crippen molar-refractivity contribution >= 4 is 28.4 Å². The van der Waals surface area contributed by atoms with Crippen LogP contribution in [-0.4, -0.2) is 39.8 Å². The minimum Gasteiger partial charge on any atom is -0.507 e. The number of carbonyl (C=O) groups excluding carboxylic acids is 2. The summed E-state index contributed by atoms with van der Waals surface area (Å²) in [6.07, 6.45) is 3.91. The number of ether oxygens (including phenoxy) is 1. The van der Waals surface area contributed by atoms with Crippen LogP contribution < -0.4 is 4.74 Å². The third-order valence-corrected chi connectivity index (χ3v) is 7.19. The van der Waals surface area contributed by atoms with Gasteiger partial charge >= 0.3 is 0 Å². The first kappa shape index (κ1) is 23.0. The molecule has 2 N–H and O–H groups in total. The second kappa shape index (κ2) is 9.24. The molecule has 1 unspecified atom stereocenters. The van der Waals surface area contributed by atoms with Gasteiger partial charge in [0.25, 0.3) is 11.7 Å². The van der Waals surface area contributed by atoms with Crippen molar-refractivity contribution in [2.45, 2.75) is 25.3 Å². The quantitative estimate of drug-likeness (QED) is 0.223. The van der Waals surface area contributed by atoms with Crippen LogP contribution in [-0.2, 0) is 22.4 Å². The smallest absolute Gasteiger partial charge is 0.295 e. The van der Waals surface area contributed by atoms with Gasteiger partial charge in [0.05, 0.1) is 18.2 Å². The van der Waals surface area contributed by atoms with Gasteiger partial charge in [0.15, 0.2) is 0 Å². The molecule has 1 saturated heterocycles. The predicted octanol–water partition coefficient (Wildman–Crippen LogP) is 5.30. The number of halogens is 1. The Bertz CT molecular complexity index is 1550. The number of aliphatic hydroxyl groups is 1. The minimum atomic E-state index is -0.774. The van der Waals surface area contributed by atoms with Crippen molar-refractivity contribution in [2.75, 3.05) is 13.2 Å². The summed E-state index contributed by atoms with van der Waals surface area (Å²) in [5.41, 5.74) is 3.95. The molecule has 3 aromatic carbocycles. The molecule has 1 fully saturated rings. The molecule has 6 nitrogen and oxygen atoms in total. The minimum absolute atomic E-state index is 0.0607. The number of Topliss-reactive ketones (excluding diaryl/α,β-unsaturated/α-hetero) is 1. The van der Waals surface area contributed by atoms with E-state index >= 15 is 0 Å². The van der Waals surface area contributed by atoms with Crippen molar-refractivity contribution in [3.8, 4) is 5.75 Å². The lowest BCUT2D eigenvalue weighted by atomic mass is 9.93. The van der Waals surface area contributed by atoms with Gasteiger partial charge in [-0.3, -0.25) is 9.59 Å². The van der Waals surface area contributed by atoms with E-state index in [0.717, 1.165) is 46.2 Å². The summed E-state index contributed by atoms with van der Waals surface area (Å²) >= 11 is 0. The number of aromatic amines is 1. The Balaban J connectivity index is 1.46. The molecule has 4 aromatic rings. The predicted molar refractivity (Wildman–Crippen MR) is 138 cm³/mol. The van der Waals surface area contributed by atoms with Crippen LogP contribution in [0.5, 0.6) is 5.75 Å². The molecule has 0 aliphatic carbocycles. The Labute approximate surface area is 213 Å². The van der Waals surface area contributed by atoms with Crippen LogP contribution in [0.2, 0.25) is 0 Å². The maximum absolute atomic E-state index is 13.4. The lowest BCUT2D eigenvalue weighted by molar-refractivity contribution is -0.139. The molecule has 1 atom stereocenters. The van der Waals surface area contributed by atoms with Crippen LogP contribution in [0.25, 0.3) is 16.7 Å². The number of aromatic nitrogens is 1. The fourth-order valence-corrected chi connectivity index (χ4v) is 5.32. The first-order chi connectivity index (χ1) is 18.0. The molecule has 186 valence electrons. The van der Waals surface area contributed by atoms with Crippen LogP contribution in [0.3, 0.4) is 0 Å². The molecule has 0 saturated carbocycles. The number of para-hydroxylation sites is 1. The lowest BCUT2D eigenvalue weighted by Gasteiger charge is -2.25. The van der Waals surface area contributed by atoms with E-state index in [9.17, 15) is 19.1 Å². The zero-order valence-electron chi connectivity index (χ0n) is 20.0. The highest BCUT2D eigenvalue weighted by Gasteiger charge is 2.46. The van der Waals surface area contributed by atoms with E-state index < -0.39 is 17.7 Å². The molecular formula is C30H25FN2O4. The van der Waals surface area contributed by atoms with Gasteiger partial charge in [-0.05, 0) is 66.8 Å². The molecule has 0 radical (unpaired) electrons. The number of likely N-dealkylation sites (tertiary alicyclic amines) is 1. The number of carbonyl (C=O) groups is 2. The van der Waals surface area contributed by atoms with E-state index in [1.54, 1.807) is 30.5 Å². The average Bonchev–Trinajstić information content (AvgIpc) is 3.46. The Hall–Kier alpha value is -4.39. The molecule has 1 aromatic heterocycles. The summed E-state index contributed by atoms with van der Waals surface area (Å²) in [7, 11) is 0. The van der Waals surface area contributed by atoms with Crippen LogP contribution >= 0.6 is 0 Å². The standard InChI is InChI=1S/C30H25FN2O4/c31-21-10-7-18(8-11-21)13-14-33-27(23-17-32-24-6-2-1-5-22(23)24)26(29(35)30(33)36)28(34)20-9-12-25-19(16-20)4-3-15-37-25/h1-2,5-12,16-17,27,32,34H,3-4,13-15H2/b28-26+. The van der Waals surface area contributed by atoms with Gasteiger partial charge in [-0.1, -0.05) is 30.3 Å². The van der Waals surface area contributed by atoms with E-state index in [4.69, 9.17) is 4.74 Å². The molecule has 7 heteroatoms. The van der Waals surface area contributed by atoms with Crippen LogP contribution in [0.15, 0.2) is 78.5 Å². The molecule has 2 aliphatic rings. The summed E-state index contributed by atoms with van der Waals surface area (Å²) in [5.74, 6) is -1.15. The zero-order valence-corrected chi connectivity index (χ0v) is 20.0. The number of hydrogen-bond donors (Lipinski definition) is 2. The molecule has 6 rings (SSSR count). The Morgan fingerprint density at radius 3 is 2.73 bits per heavy atom. The number of fused-ring (bicyclic) bond motifs is 2. The number of rotatable bonds is 5. The van der Waals surface area contributed by atoms with Crippen LogP contribution in [0.4, 0.5) is 4.39 Å². The van der Waals surface area contributed by atoms with Crippen molar-refractivity contribution in [1.29, 1.82) is 0 Å². The van der Waals surface area contributed by atoms with Crippen molar-refractivity contribution in [1.82, 2.24) is 9.88 Å². The Morgan fingerprint density at radius 2 is 1.89 bits per heavy atom. The fourth-order valence-electron chi connectivity index (χ4n) is 5.32. The van der Waals surface area contributed by atoms with Gasteiger partial charge in [0.1, 0.15) is 17.3 Å². The number of nitrogens with zero attached hydrogens (tertiary/aromatic N) is 1. The first-order valence-corrected chi connectivity index (χ1v) is 12.4. The highest BCUT2D eigenvalue weighted by Crippen LogP contribution is 2.42. The van der Waals surface area contributed by atoms with E-state index in [-0.39, 0.29) is 23.7 Å². The fraction of sp³-hybridized carbons (Fsp3) is 0.200. The van der Waals surface area contributed by atoms with E-state index in [1.807, 2.05) is 30.3 Å². The highest BCUT2D eigenvalue weighted by molar-refractivity contribution is 6.46. The lowest BCUT2D eigenvalue weighted by Crippen LogP contribution is -2.31. The monoisotopic (exact) mass is 496 g/mol. The maximum Gasteiger partial charge on any atom is 0.295 e. The zero-order chi connectivity index (χ0) is 25.5. The van der Waals surface area contributed by atoms with E-state index in [0.29, 0.717) is 18.6 Å². The molecule has 0 bridgehead atoms. The maximum atomic E-state index is 13.4.